The van der Waals surface area contributed by atoms with Gasteiger partial charge in [0.05, 0.1) is 17.4 Å². The SMILES string of the molecule is CCCN1CCN(c2ccc(Nc3ncc4c(n3)N3C(C=C4)C(=O)NCC34CCCCC4)nc2)CC1. The summed E-state index contributed by atoms with van der Waals surface area (Å²) in [7, 11) is 0. The number of rotatable bonds is 5. The lowest BCUT2D eigenvalue weighted by Gasteiger charge is -2.54. The lowest BCUT2D eigenvalue weighted by molar-refractivity contribution is -0.123. The van der Waals surface area contributed by atoms with Crippen LogP contribution in [-0.4, -0.2) is 76.6 Å². The molecule has 1 atom stereocenters. The number of carbonyl (C=O) groups is 1. The van der Waals surface area contributed by atoms with E-state index in [9.17, 15) is 4.79 Å². The van der Waals surface area contributed by atoms with Crippen molar-refractivity contribution in [2.45, 2.75) is 57.0 Å². The molecular formula is C27H36N8O. The van der Waals surface area contributed by atoms with E-state index in [1.165, 1.54) is 32.2 Å². The number of pyridine rings is 1. The van der Waals surface area contributed by atoms with Gasteiger partial charge in [0.2, 0.25) is 11.9 Å². The van der Waals surface area contributed by atoms with Crippen LogP contribution in [0.3, 0.4) is 0 Å². The Labute approximate surface area is 213 Å². The molecule has 1 aliphatic carbocycles. The molecule has 9 heteroatoms. The third-order valence-electron chi connectivity index (χ3n) is 8.18. The van der Waals surface area contributed by atoms with Crippen LogP contribution in [0.25, 0.3) is 6.08 Å². The zero-order chi connectivity index (χ0) is 24.5. The molecule has 5 heterocycles. The van der Waals surface area contributed by atoms with Gasteiger partial charge in [-0.25, -0.2) is 9.97 Å². The molecule has 2 saturated heterocycles. The number of amides is 1. The lowest BCUT2D eigenvalue weighted by atomic mass is 9.77. The van der Waals surface area contributed by atoms with Crippen LogP contribution in [-0.2, 0) is 4.79 Å². The molecule has 1 saturated carbocycles. The van der Waals surface area contributed by atoms with Crippen LogP contribution >= 0.6 is 0 Å². The third kappa shape index (κ3) is 4.30. The minimum Gasteiger partial charge on any atom is -0.368 e. The number of anilines is 4. The Morgan fingerprint density at radius 3 is 2.67 bits per heavy atom. The van der Waals surface area contributed by atoms with Crippen LogP contribution in [0.1, 0.15) is 51.0 Å². The van der Waals surface area contributed by atoms with E-state index in [-0.39, 0.29) is 17.5 Å². The molecular weight excluding hydrogens is 452 g/mol. The average Bonchev–Trinajstić information content (AvgIpc) is 2.92. The maximum absolute atomic E-state index is 12.8. The molecule has 9 nitrogen and oxygen atoms in total. The molecule has 3 fully saturated rings. The summed E-state index contributed by atoms with van der Waals surface area (Å²) in [5.74, 6) is 2.12. The van der Waals surface area contributed by atoms with Crippen molar-refractivity contribution in [3.63, 3.8) is 0 Å². The molecule has 1 amide bonds. The first-order valence-electron chi connectivity index (χ1n) is 13.5. The van der Waals surface area contributed by atoms with Gasteiger partial charge in [0.25, 0.3) is 0 Å². The van der Waals surface area contributed by atoms with Crippen molar-refractivity contribution in [1.82, 2.24) is 25.2 Å². The Hall–Kier alpha value is -3.20. The van der Waals surface area contributed by atoms with Crippen molar-refractivity contribution >= 4 is 35.3 Å². The summed E-state index contributed by atoms with van der Waals surface area (Å²) >= 11 is 0. The summed E-state index contributed by atoms with van der Waals surface area (Å²) < 4.78 is 0. The second-order valence-corrected chi connectivity index (χ2v) is 10.5. The van der Waals surface area contributed by atoms with Crippen LogP contribution < -0.4 is 20.4 Å². The molecule has 3 aliphatic heterocycles. The minimum atomic E-state index is -0.317. The largest absolute Gasteiger partial charge is 0.368 e. The van der Waals surface area contributed by atoms with Gasteiger partial charge in [0.1, 0.15) is 17.7 Å². The minimum absolute atomic E-state index is 0.0500. The van der Waals surface area contributed by atoms with Crippen molar-refractivity contribution in [2.75, 3.05) is 54.4 Å². The maximum atomic E-state index is 12.8. The number of nitrogens with zero attached hydrogens (tertiary/aromatic N) is 6. The van der Waals surface area contributed by atoms with Gasteiger partial charge >= 0.3 is 0 Å². The predicted molar refractivity (Wildman–Crippen MR) is 143 cm³/mol. The van der Waals surface area contributed by atoms with Gasteiger partial charge in [-0.15, -0.1) is 0 Å². The fourth-order valence-electron chi connectivity index (χ4n) is 6.27. The smallest absolute Gasteiger partial charge is 0.246 e. The highest BCUT2D eigenvalue weighted by atomic mass is 16.2. The fraction of sp³-hybridized carbons (Fsp3) is 0.556. The Balaban J connectivity index is 1.20. The number of hydrogen-bond acceptors (Lipinski definition) is 8. The van der Waals surface area contributed by atoms with Crippen molar-refractivity contribution in [3.05, 3.63) is 36.2 Å². The summed E-state index contributed by atoms with van der Waals surface area (Å²) in [4.78, 5) is 34.1. The van der Waals surface area contributed by atoms with Crippen LogP contribution in [0.5, 0.6) is 0 Å². The molecule has 0 aromatic carbocycles. The zero-order valence-corrected chi connectivity index (χ0v) is 21.1. The fourth-order valence-corrected chi connectivity index (χ4v) is 6.27. The summed E-state index contributed by atoms with van der Waals surface area (Å²) in [6.07, 6.45) is 14.7. The molecule has 2 aromatic rings. The monoisotopic (exact) mass is 488 g/mol. The highest BCUT2D eigenvalue weighted by molar-refractivity contribution is 5.93. The highest BCUT2D eigenvalue weighted by Crippen LogP contribution is 2.42. The Kier molecular flexibility index (Phi) is 6.25. The Morgan fingerprint density at radius 1 is 1.08 bits per heavy atom. The van der Waals surface area contributed by atoms with Gasteiger partial charge in [-0.3, -0.25) is 9.69 Å². The standard InChI is InChI=1S/C27H36N8O/c1-2-12-33-13-15-34(16-14-33)21-7-9-23(28-18-21)31-26-29-17-20-6-8-22-25(36)30-19-27(10-4-3-5-11-27)35(22)24(20)32-26/h6-9,17-18,22H,2-5,10-16,19H2,1H3,(H,30,36)(H,28,29,31,32). The first kappa shape index (κ1) is 23.2. The molecule has 4 aliphatic rings. The number of nitrogens with one attached hydrogen (secondary N) is 2. The summed E-state index contributed by atoms with van der Waals surface area (Å²) in [5, 5.41) is 6.46. The van der Waals surface area contributed by atoms with E-state index in [0.29, 0.717) is 12.5 Å². The van der Waals surface area contributed by atoms with E-state index in [4.69, 9.17) is 4.98 Å². The van der Waals surface area contributed by atoms with E-state index < -0.39 is 0 Å². The quantitative estimate of drug-likeness (QED) is 0.663. The van der Waals surface area contributed by atoms with Gasteiger partial charge < -0.3 is 20.4 Å². The first-order valence-corrected chi connectivity index (χ1v) is 13.5. The van der Waals surface area contributed by atoms with Gasteiger partial charge in [-0.1, -0.05) is 38.3 Å². The van der Waals surface area contributed by atoms with E-state index in [1.54, 1.807) is 0 Å². The molecule has 1 spiro atoms. The number of aromatic nitrogens is 3. The van der Waals surface area contributed by atoms with E-state index >= 15 is 0 Å². The van der Waals surface area contributed by atoms with E-state index in [0.717, 1.165) is 61.9 Å². The maximum Gasteiger partial charge on any atom is 0.246 e. The zero-order valence-electron chi connectivity index (χ0n) is 21.1. The molecule has 0 radical (unpaired) electrons. The number of fused-ring (bicyclic) bond motifs is 4. The molecule has 36 heavy (non-hydrogen) atoms. The van der Waals surface area contributed by atoms with Crippen molar-refractivity contribution in [1.29, 1.82) is 0 Å². The molecule has 190 valence electrons. The van der Waals surface area contributed by atoms with Crippen molar-refractivity contribution in [2.24, 2.45) is 0 Å². The lowest BCUT2D eigenvalue weighted by Crippen LogP contribution is -2.69. The number of carbonyl (C=O) groups excluding carboxylic acids is 1. The number of piperazine rings is 2. The van der Waals surface area contributed by atoms with Gasteiger partial charge in [-0.2, -0.15) is 4.98 Å². The third-order valence-corrected chi connectivity index (χ3v) is 8.18. The van der Waals surface area contributed by atoms with Crippen LogP contribution in [0, 0.1) is 0 Å². The van der Waals surface area contributed by atoms with Crippen LogP contribution in [0.15, 0.2) is 30.6 Å². The second-order valence-electron chi connectivity index (χ2n) is 10.5. The van der Waals surface area contributed by atoms with E-state index in [1.807, 2.05) is 30.6 Å². The Bertz CT molecular complexity index is 1120. The normalized spacial score (nSPS) is 23.2. The summed E-state index contributed by atoms with van der Waals surface area (Å²) in [5.41, 5.74) is 2.03. The topological polar surface area (TPSA) is 89.5 Å². The first-order chi connectivity index (χ1) is 17.6. The van der Waals surface area contributed by atoms with Crippen molar-refractivity contribution < 1.29 is 4.79 Å². The summed E-state index contributed by atoms with van der Waals surface area (Å²) in [6, 6.07) is 3.80. The highest BCUT2D eigenvalue weighted by Gasteiger charge is 2.49. The van der Waals surface area contributed by atoms with Gasteiger partial charge in [0.15, 0.2) is 0 Å². The molecule has 6 rings (SSSR count). The molecule has 0 bridgehead atoms. The molecule has 2 aromatic heterocycles. The summed E-state index contributed by atoms with van der Waals surface area (Å²) in [6.45, 7) is 8.35. The van der Waals surface area contributed by atoms with Crippen molar-refractivity contribution in [3.8, 4) is 0 Å². The molecule has 2 N–H and O–H groups in total. The number of hydrogen-bond donors (Lipinski definition) is 2. The van der Waals surface area contributed by atoms with Gasteiger partial charge in [0, 0.05) is 44.5 Å². The van der Waals surface area contributed by atoms with Crippen LogP contribution in [0.2, 0.25) is 0 Å². The average molecular weight is 489 g/mol. The Morgan fingerprint density at radius 2 is 1.92 bits per heavy atom. The van der Waals surface area contributed by atoms with Crippen LogP contribution in [0.4, 0.5) is 23.3 Å². The molecule has 1 unspecified atom stereocenters. The second kappa shape index (κ2) is 9.69. The van der Waals surface area contributed by atoms with E-state index in [2.05, 4.69) is 48.3 Å². The predicted octanol–water partition coefficient (Wildman–Crippen LogP) is 3.18. The van der Waals surface area contributed by atoms with Gasteiger partial charge in [-0.05, 0) is 37.9 Å².